The Morgan fingerprint density at radius 3 is 2.27 bits per heavy atom. The molecule has 1 aliphatic rings. The molecule has 1 fully saturated rings. The number of hydrogen-bond donors (Lipinski definition) is 0. The number of rotatable bonds is 11. The van der Waals surface area contributed by atoms with Crippen molar-refractivity contribution < 1.29 is 23.1 Å². The van der Waals surface area contributed by atoms with Gasteiger partial charge in [-0.1, -0.05) is 6.42 Å². The van der Waals surface area contributed by atoms with Crippen molar-refractivity contribution in [1.82, 2.24) is 4.90 Å². The van der Waals surface area contributed by atoms with Crippen LogP contribution in [-0.2, 0) is 23.1 Å². The van der Waals surface area contributed by atoms with Crippen LogP contribution >= 0.6 is 7.60 Å². The quantitative estimate of drug-likeness (QED) is 0.427. The third-order valence-corrected chi connectivity index (χ3v) is 6.25. The molecule has 130 valence electrons. The average molecular weight is 335 g/mol. The van der Waals surface area contributed by atoms with Gasteiger partial charge in [0.2, 0.25) is 0 Å². The lowest BCUT2D eigenvalue weighted by molar-refractivity contribution is -0.148. The third kappa shape index (κ3) is 5.65. The van der Waals surface area contributed by atoms with Crippen LogP contribution in [0.3, 0.4) is 0 Å². The van der Waals surface area contributed by atoms with Crippen LogP contribution in [-0.4, -0.2) is 56.0 Å². The van der Waals surface area contributed by atoms with Gasteiger partial charge in [-0.15, -0.1) is 0 Å². The summed E-state index contributed by atoms with van der Waals surface area (Å²) >= 11 is 0. The molecule has 0 amide bonds. The van der Waals surface area contributed by atoms with E-state index in [-0.39, 0.29) is 12.0 Å². The molecule has 0 spiro atoms. The number of carbonyl (C=O) groups is 1. The molecule has 0 bridgehead atoms. The molecule has 0 radical (unpaired) electrons. The Balaban J connectivity index is 2.55. The Morgan fingerprint density at radius 1 is 1.27 bits per heavy atom. The number of esters is 1. The molecular weight excluding hydrogens is 305 g/mol. The zero-order valence-electron chi connectivity index (χ0n) is 14.2. The van der Waals surface area contributed by atoms with E-state index in [1.807, 2.05) is 20.8 Å². The van der Waals surface area contributed by atoms with Gasteiger partial charge in [-0.2, -0.15) is 0 Å². The maximum absolute atomic E-state index is 12.5. The van der Waals surface area contributed by atoms with Gasteiger partial charge in [0.1, 0.15) is 6.04 Å². The normalized spacial score (nSPS) is 17.3. The summed E-state index contributed by atoms with van der Waals surface area (Å²) in [5.74, 6) is -0.218. The van der Waals surface area contributed by atoms with Gasteiger partial charge >= 0.3 is 13.6 Å². The van der Waals surface area contributed by atoms with E-state index in [1.54, 1.807) is 0 Å². The van der Waals surface area contributed by atoms with Crippen LogP contribution < -0.4 is 0 Å². The van der Waals surface area contributed by atoms with Crippen molar-refractivity contribution in [3.8, 4) is 0 Å². The average Bonchev–Trinajstić information content (AvgIpc) is 2.43. The number of carbonyl (C=O) groups excluding carboxylic acids is 1. The molecule has 1 aliphatic carbocycles. The molecule has 0 aliphatic heterocycles. The van der Waals surface area contributed by atoms with Crippen molar-refractivity contribution in [3.63, 3.8) is 0 Å². The van der Waals surface area contributed by atoms with Crippen molar-refractivity contribution >= 4 is 13.6 Å². The molecule has 1 atom stereocenters. The molecule has 0 aromatic carbocycles. The van der Waals surface area contributed by atoms with Gasteiger partial charge in [0.25, 0.3) is 0 Å². The highest BCUT2D eigenvalue weighted by Gasteiger charge is 2.33. The van der Waals surface area contributed by atoms with Crippen molar-refractivity contribution in [2.45, 2.75) is 58.5 Å². The molecule has 1 saturated carbocycles. The lowest BCUT2D eigenvalue weighted by Gasteiger charge is -2.40. The van der Waals surface area contributed by atoms with Crippen molar-refractivity contribution in [3.05, 3.63) is 0 Å². The lowest BCUT2D eigenvalue weighted by Crippen LogP contribution is -2.49. The number of hydrogen-bond acceptors (Lipinski definition) is 6. The molecule has 1 rings (SSSR count). The van der Waals surface area contributed by atoms with E-state index in [0.717, 1.165) is 12.8 Å². The maximum Gasteiger partial charge on any atom is 0.330 e. The lowest BCUT2D eigenvalue weighted by atomic mass is 9.90. The zero-order chi connectivity index (χ0) is 16.6. The Labute approximate surface area is 134 Å². The molecule has 0 N–H and O–H groups in total. The first kappa shape index (κ1) is 19.6. The second-order valence-corrected chi connectivity index (χ2v) is 7.73. The van der Waals surface area contributed by atoms with Gasteiger partial charge in [0, 0.05) is 6.04 Å². The minimum absolute atomic E-state index is 0.218. The fraction of sp³-hybridized carbons (Fsp3) is 0.933. The number of methoxy groups -OCH3 is 1. The fourth-order valence-corrected chi connectivity index (χ4v) is 4.37. The summed E-state index contributed by atoms with van der Waals surface area (Å²) in [4.78, 5) is 14.0. The smallest absolute Gasteiger partial charge is 0.330 e. The first-order valence-electron chi connectivity index (χ1n) is 8.19. The van der Waals surface area contributed by atoms with Crippen molar-refractivity contribution in [2.75, 3.05) is 33.0 Å². The molecule has 22 heavy (non-hydrogen) atoms. The summed E-state index contributed by atoms with van der Waals surface area (Å²) in [6, 6.07) is 0.154. The second-order valence-electron chi connectivity index (χ2n) is 5.55. The van der Waals surface area contributed by atoms with E-state index in [9.17, 15) is 9.36 Å². The largest absolute Gasteiger partial charge is 0.468 e. The first-order valence-corrected chi connectivity index (χ1v) is 9.92. The van der Waals surface area contributed by atoms with Gasteiger partial charge in [-0.25, -0.2) is 0 Å². The van der Waals surface area contributed by atoms with Crippen LogP contribution in [0.2, 0.25) is 0 Å². The van der Waals surface area contributed by atoms with Gasteiger partial charge < -0.3 is 13.8 Å². The predicted molar refractivity (Wildman–Crippen MR) is 86.2 cm³/mol. The summed E-state index contributed by atoms with van der Waals surface area (Å²) in [5.41, 5.74) is 0. The highest BCUT2D eigenvalue weighted by atomic mass is 31.2. The van der Waals surface area contributed by atoms with Crippen LogP contribution in [0.4, 0.5) is 0 Å². The van der Waals surface area contributed by atoms with E-state index in [1.165, 1.54) is 13.5 Å². The summed E-state index contributed by atoms with van der Waals surface area (Å²) in [7, 11) is -1.59. The van der Waals surface area contributed by atoms with E-state index in [0.29, 0.717) is 38.4 Å². The SMILES string of the molecule is CCOP(=O)(CCCN(C1CCC1)C(C)C(=O)OC)OCC. The highest BCUT2D eigenvalue weighted by Crippen LogP contribution is 2.48. The molecular formula is C15H30NO5P. The molecule has 0 aromatic heterocycles. The van der Waals surface area contributed by atoms with Crippen LogP contribution in [0.1, 0.15) is 46.5 Å². The topological polar surface area (TPSA) is 65.1 Å². The Morgan fingerprint density at radius 2 is 1.86 bits per heavy atom. The Bertz CT molecular complexity index is 376. The molecule has 0 aromatic rings. The Kier molecular flexibility index (Phi) is 8.62. The molecule has 6 nitrogen and oxygen atoms in total. The monoisotopic (exact) mass is 335 g/mol. The fourth-order valence-electron chi connectivity index (χ4n) is 2.72. The molecule has 0 heterocycles. The van der Waals surface area contributed by atoms with Gasteiger partial charge in [0.15, 0.2) is 0 Å². The van der Waals surface area contributed by atoms with Crippen molar-refractivity contribution in [1.29, 1.82) is 0 Å². The summed E-state index contributed by atoms with van der Waals surface area (Å²) in [5, 5.41) is 0. The molecule has 1 unspecified atom stereocenters. The van der Waals surface area contributed by atoms with E-state index < -0.39 is 7.60 Å². The predicted octanol–water partition coefficient (Wildman–Crippen LogP) is 3.06. The zero-order valence-corrected chi connectivity index (χ0v) is 15.1. The molecule has 0 saturated heterocycles. The van der Waals surface area contributed by atoms with E-state index in [4.69, 9.17) is 13.8 Å². The van der Waals surface area contributed by atoms with Crippen LogP contribution in [0, 0.1) is 0 Å². The summed E-state index contributed by atoms with van der Waals surface area (Å²) in [6.45, 7) is 6.95. The first-order chi connectivity index (χ1) is 10.5. The van der Waals surface area contributed by atoms with Crippen molar-refractivity contribution in [2.24, 2.45) is 0 Å². The maximum atomic E-state index is 12.5. The minimum Gasteiger partial charge on any atom is -0.468 e. The van der Waals surface area contributed by atoms with Crippen LogP contribution in [0.25, 0.3) is 0 Å². The van der Waals surface area contributed by atoms with Gasteiger partial charge in [-0.3, -0.25) is 14.3 Å². The van der Waals surface area contributed by atoms with Gasteiger partial charge in [0.05, 0.1) is 26.5 Å². The van der Waals surface area contributed by atoms with Crippen LogP contribution in [0.15, 0.2) is 0 Å². The van der Waals surface area contributed by atoms with Crippen LogP contribution in [0.5, 0.6) is 0 Å². The number of nitrogens with zero attached hydrogens (tertiary/aromatic N) is 1. The summed E-state index contributed by atoms with van der Waals surface area (Å²) < 4.78 is 27.9. The van der Waals surface area contributed by atoms with E-state index >= 15 is 0 Å². The third-order valence-electron chi connectivity index (χ3n) is 4.08. The Hall–Kier alpha value is -0.420. The molecule has 7 heteroatoms. The second kappa shape index (κ2) is 9.66. The van der Waals surface area contributed by atoms with E-state index in [2.05, 4.69) is 4.90 Å². The summed E-state index contributed by atoms with van der Waals surface area (Å²) in [6.07, 6.45) is 4.47. The number of ether oxygens (including phenoxy) is 1. The minimum atomic E-state index is -3.00. The standard InChI is InChI=1S/C15H30NO5P/c1-5-20-22(18,21-6-2)12-8-11-16(14-9-7-10-14)13(3)15(17)19-4/h13-14H,5-12H2,1-4H3. The highest BCUT2D eigenvalue weighted by molar-refractivity contribution is 7.53. The van der Waals surface area contributed by atoms with Gasteiger partial charge in [-0.05, 0) is 46.6 Å².